The molecule has 3 heterocycles. The van der Waals surface area contributed by atoms with Gasteiger partial charge in [-0.25, -0.2) is 4.68 Å². The largest absolute Gasteiger partial charge is 0.337 e. The number of rotatable bonds is 4. The number of carbonyl (C=O) groups excluding carboxylic acids is 1. The summed E-state index contributed by atoms with van der Waals surface area (Å²) in [5, 5.41) is 10.1. The Labute approximate surface area is 133 Å². The van der Waals surface area contributed by atoms with Crippen LogP contribution in [0.25, 0.3) is 0 Å². The zero-order valence-electron chi connectivity index (χ0n) is 12.7. The molecule has 2 atom stereocenters. The summed E-state index contributed by atoms with van der Waals surface area (Å²) in [5.74, 6) is 0.335. The number of amides is 1. The number of nitrogens with two attached hydrogens (primary N) is 1. The van der Waals surface area contributed by atoms with Gasteiger partial charge in [-0.3, -0.25) is 4.79 Å². The van der Waals surface area contributed by atoms with Crippen LogP contribution in [0.15, 0.2) is 23.7 Å². The molecule has 118 valence electrons. The number of nitrogens with zero attached hydrogens (tertiary/aromatic N) is 4. The van der Waals surface area contributed by atoms with Crippen molar-refractivity contribution < 1.29 is 4.79 Å². The first-order chi connectivity index (χ1) is 10.6. The van der Waals surface area contributed by atoms with Gasteiger partial charge in [0.15, 0.2) is 5.69 Å². The molecule has 22 heavy (non-hydrogen) atoms. The molecule has 0 unspecified atom stereocenters. The maximum absolute atomic E-state index is 12.6. The van der Waals surface area contributed by atoms with E-state index in [1.165, 1.54) is 4.88 Å². The molecule has 0 aliphatic carbocycles. The highest BCUT2D eigenvalue weighted by Crippen LogP contribution is 2.20. The van der Waals surface area contributed by atoms with Gasteiger partial charge in [0.2, 0.25) is 0 Å². The number of aromatic nitrogens is 3. The van der Waals surface area contributed by atoms with E-state index in [-0.39, 0.29) is 11.9 Å². The lowest BCUT2D eigenvalue weighted by atomic mass is 9.92. The second kappa shape index (κ2) is 6.58. The van der Waals surface area contributed by atoms with Crippen molar-refractivity contribution in [3.63, 3.8) is 0 Å². The van der Waals surface area contributed by atoms with E-state index in [2.05, 4.69) is 10.3 Å². The standard InChI is InChI=1S/C15H21N5OS/c1-11(16)12-4-2-6-19(8-12)15(21)14-10-20(18-17-14)9-13-5-3-7-22-13/h3,5,7,10-12H,2,4,6,8-9,16H2,1H3/t11-,12+/m1/s1. The van der Waals surface area contributed by atoms with E-state index in [4.69, 9.17) is 5.73 Å². The Kier molecular flexibility index (Phi) is 4.54. The summed E-state index contributed by atoms with van der Waals surface area (Å²) >= 11 is 1.67. The molecule has 1 aliphatic rings. The van der Waals surface area contributed by atoms with Crippen molar-refractivity contribution in [1.29, 1.82) is 0 Å². The van der Waals surface area contributed by atoms with Gasteiger partial charge in [-0.1, -0.05) is 11.3 Å². The summed E-state index contributed by atoms with van der Waals surface area (Å²) in [6.07, 6.45) is 3.82. The van der Waals surface area contributed by atoms with E-state index in [0.29, 0.717) is 24.7 Å². The van der Waals surface area contributed by atoms with Crippen LogP contribution in [0.3, 0.4) is 0 Å². The van der Waals surface area contributed by atoms with Gasteiger partial charge in [-0.05, 0) is 37.1 Å². The Morgan fingerprint density at radius 3 is 3.18 bits per heavy atom. The third kappa shape index (κ3) is 3.36. The van der Waals surface area contributed by atoms with Crippen LogP contribution in [0.1, 0.15) is 35.1 Å². The lowest BCUT2D eigenvalue weighted by Gasteiger charge is -2.34. The van der Waals surface area contributed by atoms with Crippen molar-refractivity contribution in [3.05, 3.63) is 34.3 Å². The molecular weight excluding hydrogens is 298 g/mol. The minimum Gasteiger partial charge on any atom is -0.337 e. The van der Waals surface area contributed by atoms with E-state index < -0.39 is 0 Å². The van der Waals surface area contributed by atoms with Crippen LogP contribution in [0.5, 0.6) is 0 Å². The highest BCUT2D eigenvalue weighted by Gasteiger charge is 2.27. The second-order valence-electron chi connectivity index (χ2n) is 5.89. The predicted molar refractivity (Wildman–Crippen MR) is 85.7 cm³/mol. The molecule has 2 aromatic heterocycles. The van der Waals surface area contributed by atoms with Gasteiger partial charge in [0.25, 0.3) is 5.91 Å². The van der Waals surface area contributed by atoms with Crippen LogP contribution in [-0.2, 0) is 6.54 Å². The van der Waals surface area contributed by atoms with Gasteiger partial charge in [0, 0.05) is 24.0 Å². The number of hydrogen-bond donors (Lipinski definition) is 1. The zero-order valence-corrected chi connectivity index (χ0v) is 13.5. The highest BCUT2D eigenvalue weighted by atomic mass is 32.1. The van der Waals surface area contributed by atoms with E-state index in [9.17, 15) is 4.79 Å². The maximum Gasteiger partial charge on any atom is 0.276 e. The first-order valence-electron chi connectivity index (χ1n) is 7.61. The zero-order chi connectivity index (χ0) is 15.5. The van der Waals surface area contributed by atoms with Gasteiger partial charge in [-0.2, -0.15) is 0 Å². The molecule has 2 aromatic rings. The molecule has 0 saturated carbocycles. The summed E-state index contributed by atoms with van der Waals surface area (Å²) in [4.78, 5) is 15.6. The minimum atomic E-state index is -0.0391. The summed E-state index contributed by atoms with van der Waals surface area (Å²) in [6, 6.07) is 4.17. The molecular formula is C15H21N5OS. The normalized spacial score (nSPS) is 20.1. The van der Waals surface area contributed by atoms with Crippen LogP contribution in [0.4, 0.5) is 0 Å². The number of carbonyl (C=O) groups is 1. The Morgan fingerprint density at radius 1 is 1.59 bits per heavy atom. The van der Waals surface area contributed by atoms with Crippen molar-refractivity contribution in [2.75, 3.05) is 13.1 Å². The second-order valence-corrected chi connectivity index (χ2v) is 6.93. The Morgan fingerprint density at radius 2 is 2.45 bits per heavy atom. The fourth-order valence-corrected chi connectivity index (χ4v) is 3.52. The molecule has 2 N–H and O–H groups in total. The van der Waals surface area contributed by atoms with Crippen molar-refractivity contribution in [1.82, 2.24) is 19.9 Å². The topological polar surface area (TPSA) is 77.0 Å². The Balaban J connectivity index is 1.66. The first-order valence-corrected chi connectivity index (χ1v) is 8.49. The number of hydrogen-bond acceptors (Lipinski definition) is 5. The monoisotopic (exact) mass is 319 g/mol. The SMILES string of the molecule is C[C@@H](N)[C@H]1CCCN(C(=O)c2cn(Cc3cccs3)nn2)C1. The van der Waals surface area contributed by atoms with E-state index >= 15 is 0 Å². The van der Waals surface area contributed by atoms with Gasteiger partial charge in [0.05, 0.1) is 12.7 Å². The molecule has 1 saturated heterocycles. The average molecular weight is 319 g/mol. The van der Waals surface area contributed by atoms with Crippen LogP contribution in [-0.4, -0.2) is 44.9 Å². The van der Waals surface area contributed by atoms with Crippen LogP contribution >= 0.6 is 11.3 Å². The fraction of sp³-hybridized carbons (Fsp3) is 0.533. The number of piperidine rings is 1. The van der Waals surface area contributed by atoms with E-state index in [0.717, 1.165) is 19.4 Å². The van der Waals surface area contributed by atoms with E-state index in [1.54, 1.807) is 22.2 Å². The van der Waals surface area contributed by atoms with Crippen molar-refractivity contribution in [2.24, 2.45) is 11.7 Å². The van der Waals surface area contributed by atoms with Gasteiger partial charge < -0.3 is 10.6 Å². The molecule has 1 aliphatic heterocycles. The van der Waals surface area contributed by atoms with Crippen molar-refractivity contribution >= 4 is 17.2 Å². The summed E-state index contributed by atoms with van der Waals surface area (Å²) in [6.45, 7) is 4.16. The van der Waals surface area contributed by atoms with Gasteiger partial charge in [0.1, 0.15) is 0 Å². The van der Waals surface area contributed by atoms with Crippen molar-refractivity contribution in [2.45, 2.75) is 32.4 Å². The summed E-state index contributed by atoms with van der Waals surface area (Å²) in [5.41, 5.74) is 6.40. The summed E-state index contributed by atoms with van der Waals surface area (Å²) in [7, 11) is 0. The van der Waals surface area contributed by atoms with Crippen LogP contribution in [0.2, 0.25) is 0 Å². The first kappa shape index (κ1) is 15.2. The average Bonchev–Trinajstić information content (AvgIpc) is 3.19. The molecule has 3 rings (SSSR count). The minimum absolute atomic E-state index is 0.0391. The quantitative estimate of drug-likeness (QED) is 0.928. The van der Waals surface area contributed by atoms with Crippen molar-refractivity contribution in [3.8, 4) is 0 Å². The lowest BCUT2D eigenvalue weighted by molar-refractivity contribution is 0.0655. The van der Waals surface area contributed by atoms with E-state index in [1.807, 2.05) is 29.3 Å². The molecule has 6 nitrogen and oxygen atoms in total. The fourth-order valence-electron chi connectivity index (χ4n) is 2.82. The lowest BCUT2D eigenvalue weighted by Crippen LogP contribution is -2.45. The Bertz CT molecular complexity index is 622. The molecule has 1 fully saturated rings. The predicted octanol–water partition coefficient (Wildman–Crippen LogP) is 1.59. The summed E-state index contributed by atoms with van der Waals surface area (Å²) < 4.78 is 1.71. The smallest absolute Gasteiger partial charge is 0.276 e. The Hall–Kier alpha value is -1.73. The highest BCUT2D eigenvalue weighted by molar-refractivity contribution is 7.09. The number of thiophene rings is 1. The number of likely N-dealkylation sites (tertiary alicyclic amines) is 1. The third-order valence-electron chi connectivity index (χ3n) is 4.14. The molecule has 7 heteroatoms. The third-order valence-corrected chi connectivity index (χ3v) is 5.01. The van der Waals surface area contributed by atoms with Crippen LogP contribution < -0.4 is 5.73 Å². The van der Waals surface area contributed by atoms with Gasteiger partial charge in [-0.15, -0.1) is 16.4 Å². The molecule has 0 radical (unpaired) electrons. The molecule has 0 spiro atoms. The molecule has 1 amide bonds. The van der Waals surface area contributed by atoms with Crippen LogP contribution in [0, 0.1) is 5.92 Å². The maximum atomic E-state index is 12.6. The molecule has 0 aromatic carbocycles. The van der Waals surface area contributed by atoms with Gasteiger partial charge >= 0.3 is 0 Å². The molecule has 0 bridgehead atoms.